The molecule has 1 rings (SSSR count). The van der Waals surface area contributed by atoms with E-state index in [9.17, 15) is 10.2 Å². The summed E-state index contributed by atoms with van der Waals surface area (Å²) in [7, 11) is 0. The van der Waals surface area contributed by atoms with Gasteiger partial charge in [0.25, 0.3) is 0 Å². The van der Waals surface area contributed by atoms with Crippen LogP contribution in [0.3, 0.4) is 0 Å². The van der Waals surface area contributed by atoms with Crippen LogP contribution in [-0.2, 0) is 0 Å². The van der Waals surface area contributed by atoms with E-state index in [1.54, 1.807) is 0 Å². The Balaban J connectivity index is 2.21. The molecule has 90 valence electrons. The van der Waals surface area contributed by atoms with Gasteiger partial charge in [-0.25, -0.2) is 0 Å². The van der Waals surface area contributed by atoms with E-state index < -0.39 is 0 Å². The summed E-state index contributed by atoms with van der Waals surface area (Å²) in [5.74, 6) is 0.471. The van der Waals surface area contributed by atoms with Crippen LogP contribution in [0.2, 0.25) is 0 Å². The van der Waals surface area contributed by atoms with Gasteiger partial charge in [-0.05, 0) is 58.9 Å². The molecule has 3 heteroatoms. The Labute approximate surface area is 92.9 Å². The predicted octanol–water partition coefficient (Wildman–Crippen LogP) is 1.29. The lowest BCUT2D eigenvalue weighted by molar-refractivity contribution is 0.0122. The Morgan fingerprint density at radius 3 is 2.07 bits per heavy atom. The van der Waals surface area contributed by atoms with E-state index in [2.05, 4.69) is 26.1 Å². The maximum atomic E-state index is 9.53. The lowest BCUT2D eigenvalue weighted by Crippen LogP contribution is -2.38. The van der Waals surface area contributed by atoms with Gasteiger partial charge in [0.2, 0.25) is 0 Å². The van der Waals surface area contributed by atoms with Crippen molar-refractivity contribution in [2.75, 3.05) is 6.54 Å². The van der Waals surface area contributed by atoms with Gasteiger partial charge in [0.05, 0.1) is 12.2 Å². The maximum absolute atomic E-state index is 9.53. The minimum absolute atomic E-state index is 0.159. The highest BCUT2D eigenvalue weighted by Crippen LogP contribution is 2.26. The molecule has 0 spiro atoms. The van der Waals surface area contributed by atoms with Gasteiger partial charge >= 0.3 is 0 Å². The summed E-state index contributed by atoms with van der Waals surface area (Å²) in [6.45, 7) is 7.42. The third-order valence-corrected chi connectivity index (χ3v) is 2.96. The van der Waals surface area contributed by atoms with Crippen LogP contribution in [0.15, 0.2) is 0 Å². The standard InChI is InChI=1S/C12H25NO2/c1-12(2,3)13-5-4-9-6-10(14)8-11(15)7-9/h9-11,13-15H,4-8H2,1-3H3. The first-order chi connectivity index (χ1) is 6.87. The fourth-order valence-corrected chi connectivity index (χ4v) is 2.26. The molecule has 1 aliphatic rings. The zero-order valence-electron chi connectivity index (χ0n) is 10.2. The Kier molecular flexibility index (Phi) is 4.56. The summed E-state index contributed by atoms with van der Waals surface area (Å²) < 4.78 is 0. The molecule has 0 aromatic heterocycles. The van der Waals surface area contributed by atoms with Crippen LogP contribution in [0.4, 0.5) is 0 Å². The number of hydrogen-bond acceptors (Lipinski definition) is 3. The third-order valence-electron chi connectivity index (χ3n) is 2.96. The highest BCUT2D eigenvalue weighted by atomic mass is 16.3. The number of rotatable bonds is 3. The van der Waals surface area contributed by atoms with Crippen LogP contribution in [0.1, 0.15) is 46.5 Å². The largest absolute Gasteiger partial charge is 0.393 e. The highest BCUT2D eigenvalue weighted by Gasteiger charge is 2.26. The van der Waals surface area contributed by atoms with Crippen LogP contribution in [0, 0.1) is 5.92 Å². The second-order valence-electron chi connectivity index (χ2n) is 5.85. The third kappa shape index (κ3) is 5.50. The van der Waals surface area contributed by atoms with Crippen molar-refractivity contribution in [3.8, 4) is 0 Å². The molecule has 1 fully saturated rings. The van der Waals surface area contributed by atoms with Gasteiger partial charge in [-0.15, -0.1) is 0 Å². The monoisotopic (exact) mass is 215 g/mol. The van der Waals surface area contributed by atoms with Crippen LogP contribution in [0.25, 0.3) is 0 Å². The Morgan fingerprint density at radius 2 is 1.60 bits per heavy atom. The summed E-state index contributed by atoms with van der Waals surface area (Å²) in [4.78, 5) is 0. The van der Waals surface area contributed by atoms with E-state index in [-0.39, 0.29) is 17.7 Å². The van der Waals surface area contributed by atoms with Gasteiger partial charge in [-0.2, -0.15) is 0 Å². The summed E-state index contributed by atoms with van der Waals surface area (Å²) in [6.07, 6.45) is 2.71. The number of nitrogens with one attached hydrogen (secondary N) is 1. The topological polar surface area (TPSA) is 52.5 Å². The van der Waals surface area contributed by atoms with Crippen molar-refractivity contribution in [1.82, 2.24) is 5.32 Å². The van der Waals surface area contributed by atoms with E-state index in [4.69, 9.17) is 0 Å². The quantitative estimate of drug-likeness (QED) is 0.665. The van der Waals surface area contributed by atoms with Crippen LogP contribution < -0.4 is 5.32 Å². The number of aliphatic hydroxyl groups excluding tert-OH is 2. The molecule has 0 aromatic carbocycles. The molecule has 0 bridgehead atoms. The van der Waals surface area contributed by atoms with Crippen molar-refractivity contribution in [1.29, 1.82) is 0 Å². The molecule has 0 heterocycles. The normalized spacial score (nSPS) is 33.0. The molecule has 2 atom stereocenters. The first-order valence-electron chi connectivity index (χ1n) is 5.98. The molecule has 0 amide bonds. The predicted molar refractivity (Wildman–Crippen MR) is 61.7 cm³/mol. The Hall–Kier alpha value is -0.120. The fourth-order valence-electron chi connectivity index (χ4n) is 2.26. The van der Waals surface area contributed by atoms with Gasteiger partial charge in [-0.3, -0.25) is 0 Å². The molecule has 0 saturated heterocycles. The van der Waals surface area contributed by atoms with Gasteiger partial charge in [0.1, 0.15) is 0 Å². The van der Waals surface area contributed by atoms with Crippen molar-refractivity contribution in [3.63, 3.8) is 0 Å². The molecule has 1 saturated carbocycles. The average Bonchev–Trinajstić information content (AvgIpc) is 1.99. The molecule has 0 radical (unpaired) electrons. The second kappa shape index (κ2) is 5.28. The van der Waals surface area contributed by atoms with Gasteiger partial charge < -0.3 is 15.5 Å². The molecular formula is C12H25NO2. The zero-order chi connectivity index (χ0) is 11.5. The molecule has 2 unspecified atom stereocenters. The Morgan fingerprint density at radius 1 is 1.07 bits per heavy atom. The van der Waals surface area contributed by atoms with Crippen molar-refractivity contribution in [2.45, 2.75) is 64.2 Å². The van der Waals surface area contributed by atoms with Crippen LogP contribution in [0.5, 0.6) is 0 Å². The highest BCUT2D eigenvalue weighted by molar-refractivity contribution is 4.79. The van der Waals surface area contributed by atoms with Gasteiger partial charge in [0.15, 0.2) is 0 Å². The van der Waals surface area contributed by atoms with E-state index >= 15 is 0 Å². The summed E-state index contributed by atoms with van der Waals surface area (Å²) in [5, 5.41) is 22.5. The summed E-state index contributed by atoms with van der Waals surface area (Å²) >= 11 is 0. The van der Waals surface area contributed by atoms with Crippen LogP contribution >= 0.6 is 0 Å². The molecule has 0 aliphatic heterocycles. The molecular weight excluding hydrogens is 190 g/mol. The minimum Gasteiger partial charge on any atom is -0.393 e. The van der Waals surface area contributed by atoms with E-state index in [0.717, 1.165) is 25.8 Å². The zero-order valence-corrected chi connectivity index (χ0v) is 10.2. The second-order valence-corrected chi connectivity index (χ2v) is 5.85. The first-order valence-corrected chi connectivity index (χ1v) is 5.98. The molecule has 0 aromatic rings. The van der Waals surface area contributed by atoms with Crippen molar-refractivity contribution < 1.29 is 10.2 Å². The minimum atomic E-state index is -0.298. The van der Waals surface area contributed by atoms with Crippen molar-refractivity contribution in [3.05, 3.63) is 0 Å². The smallest absolute Gasteiger partial charge is 0.0567 e. The molecule has 1 aliphatic carbocycles. The summed E-state index contributed by atoms with van der Waals surface area (Å²) in [6, 6.07) is 0. The van der Waals surface area contributed by atoms with E-state index in [0.29, 0.717) is 12.3 Å². The number of hydrogen-bond donors (Lipinski definition) is 3. The van der Waals surface area contributed by atoms with Crippen LogP contribution in [-0.4, -0.2) is 34.5 Å². The molecule has 3 nitrogen and oxygen atoms in total. The first kappa shape index (κ1) is 12.9. The van der Waals surface area contributed by atoms with Crippen molar-refractivity contribution in [2.24, 2.45) is 5.92 Å². The Bertz CT molecular complexity index is 179. The maximum Gasteiger partial charge on any atom is 0.0567 e. The number of aliphatic hydroxyl groups is 2. The lowest BCUT2D eigenvalue weighted by Gasteiger charge is -2.30. The van der Waals surface area contributed by atoms with Gasteiger partial charge in [-0.1, -0.05) is 0 Å². The SMILES string of the molecule is CC(C)(C)NCCC1CC(O)CC(O)C1. The van der Waals surface area contributed by atoms with E-state index in [1.165, 1.54) is 0 Å². The average molecular weight is 215 g/mol. The fraction of sp³-hybridized carbons (Fsp3) is 1.00. The van der Waals surface area contributed by atoms with Gasteiger partial charge in [0, 0.05) is 5.54 Å². The lowest BCUT2D eigenvalue weighted by atomic mass is 9.83. The summed E-state index contributed by atoms with van der Waals surface area (Å²) in [5.41, 5.74) is 0.159. The molecule has 15 heavy (non-hydrogen) atoms. The molecule has 3 N–H and O–H groups in total. The van der Waals surface area contributed by atoms with E-state index in [1.807, 2.05) is 0 Å². The van der Waals surface area contributed by atoms with Crippen molar-refractivity contribution >= 4 is 0 Å².